The summed E-state index contributed by atoms with van der Waals surface area (Å²) in [6.45, 7) is 23.6. The molecule has 116 heavy (non-hydrogen) atoms. The molecule has 1 aliphatic heterocycles. The second-order valence-corrected chi connectivity index (χ2v) is 31.4. The molecular weight excluding hydrogens is 1550 g/mol. The number of benzene rings is 5. The number of ether oxygens (including phenoxy) is 6. The Morgan fingerprint density at radius 3 is 1.03 bits per heavy atom. The molecule has 37 heteroatoms. The van der Waals surface area contributed by atoms with Gasteiger partial charge in [0.25, 0.3) is 22.4 Å². The quantitative estimate of drug-likeness (QED) is 0.00848. The van der Waals surface area contributed by atoms with Crippen molar-refractivity contribution in [1.82, 2.24) is 0 Å². The van der Waals surface area contributed by atoms with E-state index in [4.69, 9.17) is 34.9 Å². The molecule has 0 spiro atoms. The zero-order chi connectivity index (χ0) is 89.8. The molecule has 32 nitrogen and oxygen atoms in total. The molecule has 0 aliphatic carbocycles. The second kappa shape index (κ2) is 39.4. The van der Waals surface area contributed by atoms with Crippen molar-refractivity contribution in [3.05, 3.63) is 171 Å². The Balaban J connectivity index is 0.000000492. The van der Waals surface area contributed by atoms with E-state index in [1.807, 2.05) is 0 Å². The zero-order valence-electron chi connectivity index (χ0n) is 65.7. The number of carboxylic acid groups (broad SMARTS) is 12. The summed E-state index contributed by atoms with van der Waals surface area (Å²) in [6, 6.07) is 23.4. The van der Waals surface area contributed by atoms with Gasteiger partial charge >= 0.3 is 77.9 Å². The molecule has 0 fully saturated rings. The largest absolute Gasteiger partial charge is 0.586 e. The minimum atomic E-state index is -3.82. The van der Waals surface area contributed by atoms with Crippen LogP contribution in [0.25, 0.3) is 6.08 Å². The summed E-state index contributed by atoms with van der Waals surface area (Å²) < 4.78 is 95.9. The van der Waals surface area contributed by atoms with Gasteiger partial charge in [0, 0.05) is 50.2 Å². The third-order valence-corrected chi connectivity index (χ3v) is 15.5. The van der Waals surface area contributed by atoms with Crippen molar-refractivity contribution in [2.45, 2.75) is 206 Å². The molecule has 5 aromatic rings. The molecule has 5 aromatic carbocycles. The zero-order valence-corrected chi connectivity index (χ0v) is 65.7. The molecule has 0 atom stereocenters. The van der Waals surface area contributed by atoms with Crippen molar-refractivity contribution in [3.63, 3.8) is 0 Å². The van der Waals surface area contributed by atoms with Crippen molar-refractivity contribution in [3.8, 4) is 11.5 Å². The first-order valence-electron chi connectivity index (χ1n) is 34.5. The smallest absolute Gasteiger partial charge is 0.481 e. The first kappa shape index (κ1) is 100. The fourth-order valence-electron chi connectivity index (χ4n) is 11.0. The lowest BCUT2D eigenvalue weighted by Gasteiger charge is -2.33. The highest BCUT2D eigenvalue weighted by molar-refractivity contribution is 6.05. The highest BCUT2D eigenvalue weighted by Crippen LogP contribution is 2.43. The average Bonchev–Trinajstić information content (AvgIpc) is 1.41. The summed E-state index contributed by atoms with van der Waals surface area (Å²) in [5, 5.41) is 111. The number of fused-ring (bicyclic) bond motifs is 1. The molecule has 1 heterocycles. The number of hydrogen-bond donors (Lipinski definition) is 13. The van der Waals surface area contributed by atoms with Gasteiger partial charge in [0.15, 0.2) is 34.4 Å². The predicted molar refractivity (Wildman–Crippen MR) is 395 cm³/mol. The third kappa shape index (κ3) is 29.8. The van der Waals surface area contributed by atoms with Crippen LogP contribution in [0.4, 0.5) is 22.0 Å². The molecule has 636 valence electrons. The van der Waals surface area contributed by atoms with Crippen LogP contribution >= 0.6 is 0 Å². The van der Waals surface area contributed by atoms with Crippen LogP contribution in [0.1, 0.15) is 166 Å². The molecule has 0 unspecified atom stereocenters. The standard InChI is InChI=1S/C17H22O7.C17H20O7.C15H17F3O4.C15H16F2O7.C15H19NO6/c2*1-16(2,3)24-17(14(20)21,15(22)23)10-12-6-4-11(5-7-12)8-9-13(18)19;1-14(2,3)7-15(12(19)20,13(21)22)6-8-4-5-9(16)11(18)10(8)17;1-13(2,3)24-14(11(18)19,12(20)21)7-8-4-5-9-10(6-8)23-15(16,17)22-9;1-14(2,3)22-15(12(18)19,13(20)21)8-9-4-6-10(7-5-9)11(16)17/h4-7H,8-10H2,1-3H3,(H,18,19)(H,20,21)(H,22,23);4-9H,10H2,1-3H3,(H,18,19)(H,20,21)(H,22,23);4-5H,6-7H2,1-3H3,(H,19,20)(H,21,22);4-6H,7H2,1-3H3,(H,18,19)(H,20,21);4-7H,8H2,1-3H3,(H2,16,17)(H,18,19)(H,20,21)/b;9-8+;;;. The number of halogens is 5. The van der Waals surface area contributed by atoms with Crippen LogP contribution in [0.2, 0.25) is 0 Å². The molecule has 0 aromatic heterocycles. The van der Waals surface area contributed by atoms with E-state index in [-0.39, 0.29) is 54.7 Å². The van der Waals surface area contributed by atoms with Crippen LogP contribution in [-0.4, -0.2) is 190 Å². The number of primary amides is 1. The van der Waals surface area contributed by atoms with E-state index in [9.17, 15) is 135 Å². The Bertz CT molecular complexity index is 4370. The van der Waals surface area contributed by atoms with Gasteiger partial charge in [-0.2, -0.15) is 0 Å². The lowest BCUT2D eigenvalue weighted by Crippen LogP contribution is -2.54. The molecule has 0 bridgehead atoms. The Labute approximate surface area is 660 Å². The molecule has 14 N–H and O–H groups in total. The summed E-state index contributed by atoms with van der Waals surface area (Å²) in [5.74, 6) is -24.1. The summed E-state index contributed by atoms with van der Waals surface area (Å²) in [6.07, 6.45) is -3.90. The monoisotopic (exact) mass is 1650 g/mol. The van der Waals surface area contributed by atoms with Gasteiger partial charge in [-0.3, -0.25) is 19.2 Å². The van der Waals surface area contributed by atoms with E-state index in [0.29, 0.717) is 34.7 Å². The van der Waals surface area contributed by atoms with E-state index in [0.717, 1.165) is 29.8 Å². The number of carbonyl (C=O) groups is 13. The number of hydrogen-bond acceptors (Lipinski definition) is 19. The Morgan fingerprint density at radius 2 is 0.716 bits per heavy atom. The third-order valence-electron chi connectivity index (χ3n) is 15.5. The molecule has 0 saturated carbocycles. The lowest BCUT2D eigenvalue weighted by atomic mass is 9.70. The minimum absolute atomic E-state index is 0.0132. The van der Waals surface area contributed by atoms with Crippen molar-refractivity contribution < 1.29 is 174 Å². The van der Waals surface area contributed by atoms with Crippen molar-refractivity contribution in [2.24, 2.45) is 16.6 Å². The molecule has 0 radical (unpaired) electrons. The van der Waals surface area contributed by atoms with Crippen LogP contribution in [0.5, 0.6) is 11.5 Å². The summed E-state index contributed by atoms with van der Waals surface area (Å²) >= 11 is 0. The number of rotatable bonds is 31. The summed E-state index contributed by atoms with van der Waals surface area (Å²) in [4.78, 5) is 148. The van der Waals surface area contributed by atoms with Crippen LogP contribution in [0, 0.1) is 28.3 Å². The van der Waals surface area contributed by atoms with Crippen LogP contribution < -0.4 is 15.2 Å². The molecule has 0 saturated heterocycles. The normalized spacial score (nSPS) is 12.9. The Hall–Kier alpha value is -12.0. The van der Waals surface area contributed by atoms with E-state index < -0.39 is 175 Å². The van der Waals surface area contributed by atoms with E-state index in [2.05, 4.69) is 9.47 Å². The maximum absolute atomic E-state index is 13.8. The number of alkyl halides is 2. The summed E-state index contributed by atoms with van der Waals surface area (Å²) in [5.41, 5.74) is -9.08. The Kier molecular flexibility index (Phi) is 34.0. The first-order chi connectivity index (χ1) is 52.6. The predicted octanol–water partition coefficient (Wildman–Crippen LogP) is 10.6. The first-order valence-corrected chi connectivity index (χ1v) is 34.5. The number of aliphatic carboxylic acids is 12. The summed E-state index contributed by atoms with van der Waals surface area (Å²) in [7, 11) is 0. The van der Waals surface area contributed by atoms with Crippen LogP contribution in [0.15, 0.2) is 109 Å². The van der Waals surface area contributed by atoms with Crippen molar-refractivity contribution in [1.29, 1.82) is 0 Å². The van der Waals surface area contributed by atoms with Crippen molar-refractivity contribution >= 4 is 83.6 Å². The number of aryl methyl sites for hydroxylation is 1. The number of nitrogens with two attached hydrogens (primary N) is 1. The number of amides is 1. The van der Waals surface area contributed by atoms with Gasteiger partial charge in [0.1, 0.15) is 0 Å². The highest BCUT2D eigenvalue weighted by atomic mass is 19.3. The van der Waals surface area contributed by atoms with Crippen LogP contribution in [-0.2, 0) is 115 Å². The maximum Gasteiger partial charge on any atom is 0.586 e. The molecular formula is C79H94F5NO31. The molecule has 1 aliphatic rings. The lowest BCUT2D eigenvalue weighted by molar-refractivity contribution is -0.286. The van der Waals surface area contributed by atoms with Crippen molar-refractivity contribution in [2.75, 3.05) is 0 Å². The van der Waals surface area contributed by atoms with Gasteiger partial charge in [-0.25, -0.2) is 56.3 Å². The van der Waals surface area contributed by atoms with Gasteiger partial charge in [0.05, 0.1) is 22.4 Å². The topological polar surface area (TPSA) is 546 Å². The average molecular weight is 1650 g/mol. The van der Waals surface area contributed by atoms with Gasteiger partial charge in [-0.1, -0.05) is 93.6 Å². The fraction of sp³-hybridized carbons (Fsp3) is 0.430. The van der Waals surface area contributed by atoms with E-state index in [1.165, 1.54) is 69.3 Å². The SMILES string of the molecule is CC(C)(C)CC(Cc1ccc(F)c(F)c1F)(C(=O)O)C(=O)O.CC(C)(C)OC(Cc1ccc(/C=C/C(=O)O)cc1)(C(=O)O)C(=O)O.CC(C)(C)OC(Cc1ccc(C(N)=O)cc1)(C(=O)O)C(=O)O.CC(C)(C)OC(Cc1ccc(CCC(=O)O)cc1)(C(=O)O)C(=O)O.CC(C)(C)OC(Cc1ccc2c(c1)OC(F)(F)O2)(C(=O)O)C(=O)O. The van der Waals surface area contributed by atoms with Gasteiger partial charge in [-0.05, 0) is 177 Å². The van der Waals surface area contributed by atoms with E-state index >= 15 is 0 Å². The van der Waals surface area contributed by atoms with Gasteiger partial charge < -0.3 is 95.4 Å². The van der Waals surface area contributed by atoms with E-state index in [1.54, 1.807) is 119 Å². The molecule has 6 rings (SSSR count). The van der Waals surface area contributed by atoms with Gasteiger partial charge in [-0.15, -0.1) is 8.78 Å². The molecule has 1 amide bonds. The van der Waals surface area contributed by atoms with Gasteiger partial charge in [0.2, 0.25) is 5.91 Å². The maximum atomic E-state index is 13.8. The number of carbonyl (C=O) groups excluding carboxylic acids is 1. The fourth-order valence-corrected chi connectivity index (χ4v) is 11.0. The van der Waals surface area contributed by atoms with Crippen LogP contribution in [0.3, 0.4) is 0 Å². The minimum Gasteiger partial charge on any atom is -0.481 e. The number of carboxylic acids is 12. The second-order valence-electron chi connectivity index (χ2n) is 31.4. The highest BCUT2D eigenvalue weighted by Gasteiger charge is 2.56. The Morgan fingerprint density at radius 1 is 0.397 bits per heavy atom.